The number of anilines is 1. The standard InChI is InChI=1S/C16H16ClN3O3/c1-10-14(15(16(22)23-3)20(2)19-10)18-13(21)9-8-11-6-4-5-7-12(11)17/h4-9H,1-3H3,(H,18,21)/b9-8+. The van der Waals surface area contributed by atoms with Crippen LogP contribution in [0, 0.1) is 6.92 Å². The zero-order valence-corrected chi connectivity index (χ0v) is 13.7. The number of carbonyl (C=O) groups excluding carboxylic acids is 2. The topological polar surface area (TPSA) is 73.2 Å². The summed E-state index contributed by atoms with van der Waals surface area (Å²) in [5.41, 5.74) is 1.76. The van der Waals surface area contributed by atoms with Gasteiger partial charge in [-0.15, -0.1) is 0 Å². The van der Waals surface area contributed by atoms with E-state index in [-0.39, 0.29) is 5.69 Å². The Hall–Kier alpha value is -2.60. The molecule has 1 N–H and O–H groups in total. The Balaban J connectivity index is 2.21. The number of carbonyl (C=O) groups is 2. The first-order valence-electron chi connectivity index (χ1n) is 6.79. The second-order valence-electron chi connectivity index (χ2n) is 4.77. The summed E-state index contributed by atoms with van der Waals surface area (Å²) in [7, 11) is 2.88. The summed E-state index contributed by atoms with van der Waals surface area (Å²) in [4.78, 5) is 23.9. The van der Waals surface area contributed by atoms with Gasteiger partial charge in [-0.1, -0.05) is 29.8 Å². The fourth-order valence-electron chi connectivity index (χ4n) is 2.08. The summed E-state index contributed by atoms with van der Waals surface area (Å²) in [5.74, 6) is -0.968. The van der Waals surface area contributed by atoms with Gasteiger partial charge in [0.2, 0.25) is 5.91 Å². The molecule has 2 rings (SSSR count). The summed E-state index contributed by atoms with van der Waals surface area (Å²) in [6.45, 7) is 1.69. The number of ether oxygens (including phenoxy) is 1. The molecule has 1 aromatic carbocycles. The molecule has 0 saturated carbocycles. The number of hydrogen-bond acceptors (Lipinski definition) is 4. The van der Waals surface area contributed by atoms with E-state index in [9.17, 15) is 9.59 Å². The van der Waals surface area contributed by atoms with Gasteiger partial charge in [0, 0.05) is 18.1 Å². The molecule has 2 aromatic rings. The maximum atomic E-state index is 12.1. The second-order valence-corrected chi connectivity index (χ2v) is 5.18. The van der Waals surface area contributed by atoms with E-state index in [1.807, 2.05) is 6.07 Å². The van der Waals surface area contributed by atoms with Crippen molar-refractivity contribution in [1.29, 1.82) is 0 Å². The van der Waals surface area contributed by atoms with E-state index in [0.717, 1.165) is 5.56 Å². The van der Waals surface area contributed by atoms with E-state index in [0.29, 0.717) is 16.4 Å². The molecular weight excluding hydrogens is 318 g/mol. The number of esters is 1. The van der Waals surface area contributed by atoms with Crippen LogP contribution in [0.3, 0.4) is 0 Å². The number of amides is 1. The molecule has 1 aromatic heterocycles. The molecule has 0 spiro atoms. The Bertz CT molecular complexity index is 781. The maximum Gasteiger partial charge on any atom is 0.358 e. The smallest absolute Gasteiger partial charge is 0.358 e. The van der Waals surface area contributed by atoms with E-state index in [4.69, 9.17) is 16.3 Å². The van der Waals surface area contributed by atoms with E-state index < -0.39 is 11.9 Å². The molecule has 0 aliphatic heterocycles. The van der Waals surface area contributed by atoms with Crippen molar-refractivity contribution in [3.63, 3.8) is 0 Å². The van der Waals surface area contributed by atoms with Crippen LogP contribution in [0.2, 0.25) is 5.02 Å². The molecule has 7 heteroatoms. The summed E-state index contributed by atoms with van der Waals surface area (Å²) >= 11 is 6.02. The van der Waals surface area contributed by atoms with Crippen molar-refractivity contribution in [3.05, 3.63) is 52.3 Å². The van der Waals surface area contributed by atoms with Gasteiger partial charge in [-0.05, 0) is 24.6 Å². The van der Waals surface area contributed by atoms with Crippen LogP contribution < -0.4 is 5.32 Å². The van der Waals surface area contributed by atoms with Gasteiger partial charge in [0.15, 0.2) is 5.69 Å². The van der Waals surface area contributed by atoms with Gasteiger partial charge in [0.1, 0.15) is 0 Å². The average molecular weight is 334 g/mol. The molecule has 0 radical (unpaired) electrons. The van der Waals surface area contributed by atoms with Gasteiger partial charge >= 0.3 is 5.97 Å². The van der Waals surface area contributed by atoms with Crippen LogP contribution in [0.15, 0.2) is 30.3 Å². The summed E-state index contributed by atoms with van der Waals surface area (Å²) in [6, 6.07) is 7.16. The Morgan fingerprint density at radius 3 is 2.70 bits per heavy atom. The predicted molar refractivity (Wildman–Crippen MR) is 88.4 cm³/mol. The lowest BCUT2D eigenvalue weighted by Gasteiger charge is -2.05. The Labute approximate surface area is 138 Å². The normalized spacial score (nSPS) is 10.8. The first-order chi connectivity index (χ1) is 10.9. The number of methoxy groups -OCH3 is 1. The number of nitrogens with zero attached hydrogens (tertiary/aromatic N) is 2. The number of halogens is 1. The average Bonchev–Trinajstić information content (AvgIpc) is 2.79. The first-order valence-corrected chi connectivity index (χ1v) is 7.17. The zero-order valence-electron chi connectivity index (χ0n) is 13.0. The van der Waals surface area contributed by atoms with Crippen molar-refractivity contribution in [2.45, 2.75) is 6.92 Å². The van der Waals surface area contributed by atoms with Crippen LogP contribution in [0.4, 0.5) is 5.69 Å². The van der Waals surface area contributed by atoms with Crippen LogP contribution in [-0.4, -0.2) is 28.8 Å². The Morgan fingerprint density at radius 1 is 1.35 bits per heavy atom. The molecule has 0 aliphatic rings. The van der Waals surface area contributed by atoms with Crippen molar-refractivity contribution >= 4 is 35.2 Å². The number of nitrogens with one attached hydrogen (secondary N) is 1. The van der Waals surface area contributed by atoms with Crippen molar-refractivity contribution in [2.24, 2.45) is 7.05 Å². The van der Waals surface area contributed by atoms with Crippen LogP contribution >= 0.6 is 11.6 Å². The minimum absolute atomic E-state index is 0.185. The Kier molecular flexibility index (Phi) is 5.18. The molecule has 0 saturated heterocycles. The highest BCUT2D eigenvalue weighted by Crippen LogP contribution is 2.21. The third-order valence-electron chi connectivity index (χ3n) is 3.17. The largest absolute Gasteiger partial charge is 0.464 e. The molecule has 6 nitrogen and oxygen atoms in total. The third kappa shape index (κ3) is 3.78. The zero-order chi connectivity index (χ0) is 17.0. The number of aryl methyl sites for hydroxylation is 2. The molecule has 120 valence electrons. The summed E-state index contributed by atoms with van der Waals surface area (Å²) in [6.07, 6.45) is 2.94. The van der Waals surface area contributed by atoms with Gasteiger partial charge in [0.25, 0.3) is 0 Å². The molecular formula is C16H16ClN3O3. The van der Waals surface area contributed by atoms with Gasteiger partial charge in [-0.2, -0.15) is 5.10 Å². The van der Waals surface area contributed by atoms with Gasteiger partial charge in [-0.25, -0.2) is 4.79 Å². The molecule has 0 aliphatic carbocycles. The minimum Gasteiger partial charge on any atom is -0.464 e. The van der Waals surface area contributed by atoms with E-state index in [1.54, 1.807) is 38.2 Å². The monoisotopic (exact) mass is 333 g/mol. The highest BCUT2D eigenvalue weighted by Gasteiger charge is 2.21. The lowest BCUT2D eigenvalue weighted by atomic mass is 10.2. The lowest BCUT2D eigenvalue weighted by Crippen LogP contribution is -2.15. The van der Waals surface area contributed by atoms with Crippen LogP contribution in [0.1, 0.15) is 21.7 Å². The summed E-state index contributed by atoms with van der Waals surface area (Å²) < 4.78 is 6.08. The Morgan fingerprint density at radius 2 is 2.04 bits per heavy atom. The highest BCUT2D eigenvalue weighted by molar-refractivity contribution is 6.32. The highest BCUT2D eigenvalue weighted by atomic mass is 35.5. The van der Waals surface area contributed by atoms with Crippen molar-refractivity contribution < 1.29 is 14.3 Å². The molecule has 0 bridgehead atoms. The predicted octanol–water partition coefficient (Wildman–Crippen LogP) is 2.82. The molecule has 0 atom stereocenters. The van der Waals surface area contributed by atoms with Crippen molar-refractivity contribution in [3.8, 4) is 0 Å². The molecule has 0 unspecified atom stereocenters. The quantitative estimate of drug-likeness (QED) is 0.689. The minimum atomic E-state index is -0.571. The molecule has 23 heavy (non-hydrogen) atoms. The fourth-order valence-corrected chi connectivity index (χ4v) is 2.28. The van der Waals surface area contributed by atoms with Gasteiger partial charge in [-0.3, -0.25) is 9.48 Å². The number of rotatable bonds is 4. The molecule has 1 heterocycles. The van der Waals surface area contributed by atoms with E-state index in [2.05, 4.69) is 10.4 Å². The van der Waals surface area contributed by atoms with Crippen LogP contribution in [-0.2, 0) is 16.6 Å². The van der Waals surface area contributed by atoms with Crippen LogP contribution in [0.25, 0.3) is 6.08 Å². The van der Waals surface area contributed by atoms with Crippen LogP contribution in [0.5, 0.6) is 0 Å². The fraction of sp³-hybridized carbons (Fsp3) is 0.188. The molecule has 0 fully saturated rings. The third-order valence-corrected chi connectivity index (χ3v) is 3.51. The SMILES string of the molecule is COC(=O)c1c(NC(=O)/C=C/c2ccccc2Cl)c(C)nn1C. The lowest BCUT2D eigenvalue weighted by molar-refractivity contribution is -0.111. The van der Waals surface area contributed by atoms with E-state index in [1.165, 1.54) is 17.9 Å². The van der Waals surface area contributed by atoms with Gasteiger partial charge < -0.3 is 10.1 Å². The van der Waals surface area contributed by atoms with Gasteiger partial charge in [0.05, 0.1) is 18.5 Å². The second kappa shape index (κ2) is 7.11. The molecule has 1 amide bonds. The maximum absolute atomic E-state index is 12.1. The van der Waals surface area contributed by atoms with Crippen molar-refractivity contribution in [2.75, 3.05) is 12.4 Å². The summed E-state index contributed by atoms with van der Waals surface area (Å²) in [5, 5.41) is 7.32. The first kappa shape index (κ1) is 16.8. The van der Waals surface area contributed by atoms with Crippen molar-refractivity contribution in [1.82, 2.24) is 9.78 Å². The van der Waals surface area contributed by atoms with E-state index >= 15 is 0 Å². The number of hydrogen-bond donors (Lipinski definition) is 1. The number of benzene rings is 1. The number of aromatic nitrogens is 2.